The van der Waals surface area contributed by atoms with Crippen LogP contribution >= 0.6 is 0 Å². The van der Waals surface area contributed by atoms with Crippen molar-refractivity contribution in [3.63, 3.8) is 0 Å². The molecule has 0 heterocycles. The Morgan fingerprint density at radius 2 is 1.94 bits per heavy atom. The van der Waals surface area contributed by atoms with Gasteiger partial charge in [0.25, 0.3) is 0 Å². The predicted octanol–water partition coefficient (Wildman–Crippen LogP) is 2.14. The molecule has 4 nitrogen and oxygen atoms in total. The number of esters is 1. The fourth-order valence-electron chi connectivity index (χ4n) is 2.06. The summed E-state index contributed by atoms with van der Waals surface area (Å²) >= 11 is 0. The van der Waals surface area contributed by atoms with Crippen LogP contribution in [0.3, 0.4) is 0 Å². The van der Waals surface area contributed by atoms with Gasteiger partial charge in [-0.05, 0) is 30.5 Å². The third-order valence-electron chi connectivity index (χ3n) is 2.78. The minimum absolute atomic E-state index is 0.257. The highest BCUT2D eigenvalue weighted by molar-refractivity contribution is 7.90. The van der Waals surface area contributed by atoms with Gasteiger partial charge >= 0.3 is 5.97 Å². The first-order chi connectivity index (χ1) is 8.32. The number of methoxy groups -OCH3 is 1. The van der Waals surface area contributed by atoms with E-state index in [2.05, 4.69) is 4.74 Å². The van der Waals surface area contributed by atoms with Crippen molar-refractivity contribution in [1.29, 1.82) is 0 Å². The van der Waals surface area contributed by atoms with Crippen molar-refractivity contribution in [2.45, 2.75) is 31.6 Å². The van der Waals surface area contributed by atoms with Crippen LogP contribution in [-0.4, -0.2) is 27.8 Å². The molecule has 0 aliphatic heterocycles. The van der Waals surface area contributed by atoms with Crippen molar-refractivity contribution in [2.75, 3.05) is 13.4 Å². The first-order valence-corrected chi connectivity index (χ1v) is 7.62. The zero-order chi connectivity index (χ0) is 13.9. The Bertz CT molecular complexity index is 559. The number of hydrogen-bond donors (Lipinski definition) is 0. The monoisotopic (exact) mass is 270 g/mol. The van der Waals surface area contributed by atoms with E-state index in [0.717, 1.165) is 18.2 Å². The third kappa shape index (κ3) is 2.90. The van der Waals surface area contributed by atoms with Gasteiger partial charge in [-0.25, -0.2) is 13.2 Å². The summed E-state index contributed by atoms with van der Waals surface area (Å²) in [4.78, 5) is 11.8. The Hall–Kier alpha value is -1.36. The van der Waals surface area contributed by atoms with E-state index < -0.39 is 15.8 Å². The number of ether oxygens (including phenoxy) is 1. The minimum Gasteiger partial charge on any atom is -0.465 e. The number of carbonyl (C=O) groups excluding carboxylic acids is 1. The SMILES string of the molecule is CCCc1ccc(C(=O)OC)c(C)c1S(C)(=O)=O. The lowest BCUT2D eigenvalue weighted by molar-refractivity contribution is 0.0599. The maximum Gasteiger partial charge on any atom is 0.338 e. The molecule has 0 spiro atoms. The zero-order valence-electron chi connectivity index (χ0n) is 11.1. The summed E-state index contributed by atoms with van der Waals surface area (Å²) < 4.78 is 28.4. The molecule has 1 aromatic rings. The average molecular weight is 270 g/mol. The van der Waals surface area contributed by atoms with Gasteiger partial charge in [0, 0.05) is 6.26 Å². The van der Waals surface area contributed by atoms with Crippen molar-refractivity contribution in [3.8, 4) is 0 Å². The lowest BCUT2D eigenvalue weighted by Crippen LogP contribution is -2.11. The van der Waals surface area contributed by atoms with E-state index >= 15 is 0 Å². The van der Waals surface area contributed by atoms with E-state index in [0.29, 0.717) is 17.5 Å². The van der Waals surface area contributed by atoms with Gasteiger partial charge in [0.15, 0.2) is 9.84 Å². The molecule has 1 rings (SSSR count). The van der Waals surface area contributed by atoms with E-state index in [1.54, 1.807) is 19.1 Å². The van der Waals surface area contributed by atoms with Crippen LogP contribution in [0.5, 0.6) is 0 Å². The summed E-state index contributed by atoms with van der Waals surface area (Å²) in [5.41, 5.74) is 1.53. The zero-order valence-corrected chi connectivity index (χ0v) is 11.9. The van der Waals surface area contributed by atoms with Crippen molar-refractivity contribution in [2.24, 2.45) is 0 Å². The minimum atomic E-state index is -3.36. The fourth-order valence-corrected chi connectivity index (χ4v) is 3.37. The van der Waals surface area contributed by atoms with Crippen LogP contribution in [-0.2, 0) is 21.0 Å². The Labute approximate surface area is 108 Å². The Morgan fingerprint density at radius 3 is 2.39 bits per heavy atom. The Balaban J connectivity index is 3.55. The summed E-state index contributed by atoms with van der Waals surface area (Å²) in [6, 6.07) is 3.32. The number of benzene rings is 1. The maximum absolute atomic E-state index is 11.9. The first-order valence-electron chi connectivity index (χ1n) is 5.73. The third-order valence-corrected chi connectivity index (χ3v) is 4.09. The van der Waals surface area contributed by atoms with Crippen molar-refractivity contribution < 1.29 is 17.9 Å². The van der Waals surface area contributed by atoms with Gasteiger partial charge in [0.1, 0.15) is 0 Å². The van der Waals surface area contributed by atoms with E-state index in [1.165, 1.54) is 7.11 Å². The van der Waals surface area contributed by atoms with Crippen molar-refractivity contribution in [1.82, 2.24) is 0 Å². The molecule has 100 valence electrons. The highest BCUT2D eigenvalue weighted by Crippen LogP contribution is 2.25. The smallest absolute Gasteiger partial charge is 0.338 e. The van der Waals surface area contributed by atoms with Crippen molar-refractivity contribution >= 4 is 15.8 Å². The molecule has 0 aliphatic rings. The molecule has 0 bridgehead atoms. The lowest BCUT2D eigenvalue weighted by Gasteiger charge is -2.13. The van der Waals surface area contributed by atoms with Gasteiger partial charge in [0.2, 0.25) is 0 Å². The van der Waals surface area contributed by atoms with Crippen LogP contribution in [0.25, 0.3) is 0 Å². The highest BCUT2D eigenvalue weighted by Gasteiger charge is 2.21. The van der Waals surface area contributed by atoms with E-state index in [9.17, 15) is 13.2 Å². The van der Waals surface area contributed by atoms with Crippen LogP contribution in [0.1, 0.15) is 34.8 Å². The summed E-state index contributed by atoms with van der Waals surface area (Å²) in [7, 11) is -2.08. The van der Waals surface area contributed by atoms with Crippen LogP contribution in [0, 0.1) is 6.92 Å². The molecule has 0 aromatic heterocycles. The summed E-state index contributed by atoms with van der Waals surface area (Å²) in [6.07, 6.45) is 2.68. The molecule has 0 saturated carbocycles. The molecular formula is C13H18O4S. The standard InChI is InChI=1S/C13H18O4S/c1-5-6-10-7-8-11(13(14)17-3)9(2)12(10)18(4,15)16/h7-8H,5-6H2,1-4H3. The molecular weight excluding hydrogens is 252 g/mol. The molecule has 0 unspecified atom stereocenters. The highest BCUT2D eigenvalue weighted by atomic mass is 32.2. The van der Waals surface area contributed by atoms with Crippen molar-refractivity contribution in [3.05, 3.63) is 28.8 Å². The molecule has 0 fully saturated rings. The molecule has 0 amide bonds. The van der Waals surface area contributed by atoms with E-state index in [1.807, 2.05) is 6.92 Å². The fraction of sp³-hybridized carbons (Fsp3) is 0.462. The molecule has 0 N–H and O–H groups in total. The topological polar surface area (TPSA) is 60.4 Å². The second-order valence-corrected chi connectivity index (χ2v) is 6.19. The molecule has 0 radical (unpaired) electrons. The predicted molar refractivity (Wildman–Crippen MR) is 69.6 cm³/mol. The Kier molecular flexibility index (Phi) is 4.51. The van der Waals surface area contributed by atoms with Crippen LogP contribution in [0.15, 0.2) is 17.0 Å². The van der Waals surface area contributed by atoms with Gasteiger partial charge in [0.05, 0.1) is 17.6 Å². The van der Waals surface area contributed by atoms with Gasteiger partial charge in [-0.3, -0.25) is 0 Å². The normalized spacial score (nSPS) is 11.3. The maximum atomic E-state index is 11.9. The number of hydrogen-bond acceptors (Lipinski definition) is 4. The quantitative estimate of drug-likeness (QED) is 0.786. The molecule has 5 heteroatoms. The second-order valence-electron chi connectivity index (χ2n) is 4.24. The largest absolute Gasteiger partial charge is 0.465 e. The molecule has 0 saturated heterocycles. The number of aryl methyl sites for hydroxylation is 1. The van der Waals surface area contributed by atoms with E-state index in [4.69, 9.17) is 0 Å². The van der Waals surface area contributed by atoms with E-state index in [-0.39, 0.29) is 4.90 Å². The van der Waals surface area contributed by atoms with Gasteiger partial charge in [-0.1, -0.05) is 19.4 Å². The molecule has 18 heavy (non-hydrogen) atoms. The number of rotatable bonds is 4. The molecule has 0 aliphatic carbocycles. The van der Waals surface area contributed by atoms with Crippen LogP contribution in [0.2, 0.25) is 0 Å². The molecule has 1 aromatic carbocycles. The van der Waals surface area contributed by atoms with Gasteiger partial charge in [-0.15, -0.1) is 0 Å². The lowest BCUT2D eigenvalue weighted by atomic mass is 10.0. The molecule has 0 atom stereocenters. The van der Waals surface area contributed by atoms with Gasteiger partial charge in [-0.2, -0.15) is 0 Å². The number of sulfone groups is 1. The second kappa shape index (κ2) is 5.52. The summed E-state index contributed by atoms with van der Waals surface area (Å²) in [6.45, 7) is 3.62. The van der Waals surface area contributed by atoms with Crippen LogP contribution < -0.4 is 0 Å². The van der Waals surface area contributed by atoms with Crippen LogP contribution in [0.4, 0.5) is 0 Å². The Morgan fingerprint density at radius 1 is 1.33 bits per heavy atom. The first kappa shape index (κ1) is 14.7. The number of carbonyl (C=O) groups is 1. The summed E-state index contributed by atoms with van der Waals surface area (Å²) in [5.74, 6) is -0.513. The van der Waals surface area contributed by atoms with Gasteiger partial charge < -0.3 is 4.74 Å². The summed E-state index contributed by atoms with van der Waals surface area (Å²) in [5, 5.41) is 0. The average Bonchev–Trinajstić information content (AvgIpc) is 2.27.